The smallest absolute Gasteiger partial charge is 0.253 e. The third-order valence-corrected chi connectivity index (χ3v) is 2.66. The van der Waals surface area contributed by atoms with Gasteiger partial charge < -0.3 is 5.32 Å². The summed E-state index contributed by atoms with van der Waals surface area (Å²) in [6.07, 6.45) is 3.21. The van der Waals surface area contributed by atoms with Gasteiger partial charge >= 0.3 is 0 Å². The number of para-hydroxylation sites is 1. The van der Waals surface area contributed by atoms with Crippen molar-refractivity contribution in [3.05, 3.63) is 36.2 Å². The van der Waals surface area contributed by atoms with Crippen LogP contribution in [0.25, 0.3) is 11.0 Å². The third kappa shape index (κ3) is 2.29. The molecule has 2 rings (SSSR count). The molecule has 0 radical (unpaired) electrons. The summed E-state index contributed by atoms with van der Waals surface area (Å²) in [5.74, 6) is -0.0947. The molecule has 1 aromatic carbocycles. The van der Waals surface area contributed by atoms with E-state index in [4.69, 9.17) is 0 Å². The first-order chi connectivity index (χ1) is 7.83. The number of hydrogen-bond donors (Lipinski definition) is 1. The molecule has 0 aliphatic carbocycles. The molecular formula is C11H10IN3O. The molecule has 0 spiro atoms. The minimum Gasteiger partial charge on any atom is -0.351 e. The number of rotatable bonds is 3. The number of amides is 1. The Morgan fingerprint density at radius 3 is 2.94 bits per heavy atom. The van der Waals surface area contributed by atoms with E-state index in [-0.39, 0.29) is 5.91 Å². The fourth-order valence-electron chi connectivity index (χ4n) is 1.43. The zero-order valence-corrected chi connectivity index (χ0v) is 10.6. The normalized spacial score (nSPS) is 10.3. The highest BCUT2D eigenvalue weighted by atomic mass is 127. The lowest BCUT2D eigenvalue weighted by atomic mass is 10.1. The van der Waals surface area contributed by atoms with E-state index in [2.05, 4.69) is 37.9 Å². The second-order valence-corrected chi connectivity index (χ2v) is 4.25. The highest BCUT2D eigenvalue weighted by Crippen LogP contribution is 2.13. The van der Waals surface area contributed by atoms with Crippen LogP contribution < -0.4 is 5.32 Å². The molecule has 0 unspecified atom stereocenters. The van der Waals surface area contributed by atoms with Gasteiger partial charge in [-0.25, -0.2) is 0 Å². The van der Waals surface area contributed by atoms with Crippen LogP contribution in [0.2, 0.25) is 0 Å². The zero-order valence-electron chi connectivity index (χ0n) is 8.48. The van der Waals surface area contributed by atoms with E-state index < -0.39 is 0 Å². The van der Waals surface area contributed by atoms with Crippen LogP contribution in [0.4, 0.5) is 0 Å². The van der Waals surface area contributed by atoms with Crippen molar-refractivity contribution < 1.29 is 4.79 Å². The zero-order chi connectivity index (χ0) is 11.4. The summed E-state index contributed by atoms with van der Waals surface area (Å²) in [4.78, 5) is 20.2. The van der Waals surface area contributed by atoms with E-state index in [1.165, 1.54) is 0 Å². The molecule has 0 saturated heterocycles. The molecule has 1 heterocycles. The highest BCUT2D eigenvalue weighted by Gasteiger charge is 2.09. The molecule has 5 heteroatoms. The number of carbonyl (C=O) groups is 1. The van der Waals surface area contributed by atoms with Crippen LogP contribution in [0.5, 0.6) is 0 Å². The first-order valence-electron chi connectivity index (χ1n) is 4.87. The SMILES string of the molecule is O=C(NCCI)c1cccc2nccnc12. The van der Waals surface area contributed by atoms with Gasteiger partial charge in [0.1, 0.15) is 5.52 Å². The lowest BCUT2D eigenvalue weighted by Crippen LogP contribution is -2.25. The van der Waals surface area contributed by atoms with E-state index in [1.54, 1.807) is 18.5 Å². The Kier molecular flexibility index (Phi) is 3.66. The summed E-state index contributed by atoms with van der Waals surface area (Å²) >= 11 is 2.22. The van der Waals surface area contributed by atoms with Gasteiger partial charge in [-0.15, -0.1) is 0 Å². The first kappa shape index (κ1) is 11.3. The van der Waals surface area contributed by atoms with Gasteiger partial charge in [-0.3, -0.25) is 14.8 Å². The molecule has 82 valence electrons. The molecule has 1 amide bonds. The van der Waals surface area contributed by atoms with E-state index in [0.717, 1.165) is 9.94 Å². The molecule has 0 fully saturated rings. The maximum Gasteiger partial charge on any atom is 0.253 e. The average molecular weight is 327 g/mol. The predicted molar refractivity (Wildman–Crippen MR) is 70.8 cm³/mol. The molecule has 0 aliphatic heterocycles. The number of halogens is 1. The number of aromatic nitrogens is 2. The lowest BCUT2D eigenvalue weighted by molar-refractivity contribution is 0.0958. The number of hydrogen-bond acceptors (Lipinski definition) is 3. The maximum atomic E-state index is 11.8. The molecular weight excluding hydrogens is 317 g/mol. The monoisotopic (exact) mass is 327 g/mol. The summed E-state index contributed by atoms with van der Waals surface area (Å²) in [7, 11) is 0. The molecule has 16 heavy (non-hydrogen) atoms. The minimum absolute atomic E-state index is 0.0947. The predicted octanol–water partition coefficient (Wildman–Crippen LogP) is 1.79. The summed E-state index contributed by atoms with van der Waals surface area (Å²) in [5.41, 5.74) is 1.97. The van der Waals surface area contributed by atoms with Crippen molar-refractivity contribution >= 4 is 39.5 Å². The maximum absolute atomic E-state index is 11.8. The summed E-state index contributed by atoms with van der Waals surface area (Å²) < 4.78 is 0.889. The first-order valence-corrected chi connectivity index (χ1v) is 6.39. The number of nitrogens with zero attached hydrogens (tertiary/aromatic N) is 2. The van der Waals surface area contributed by atoms with Gasteiger partial charge in [-0.05, 0) is 12.1 Å². The Morgan fingerprint density at radius 2 is 2.12 bits per heavy atom. The number of carbonyl (C=O) groups excluding carboxylic acids is 1. The van der Waals surface area contributed by atoms with Crippen molar-refractivity contribution in [3.8, 4) is 0 Å². The van der Waals surface area contributed by atoms with Crippen molar-refractivity contribution in [2.75, 3.05) is 11.0 Å². The summed E-state index contributed by atoms with van der Waals surface area (Å²) in [6, 6.07) is 5.42. The average Bonchev–Trinajstić information content (AvgIpc) is 2.35. The second-order valence-electron chi connectivity index (χ2n) is 3.17. The second kappa shape index (κ2) is 5.20. The van der Waals surface area contributed by atoms with Gasteiger partial charge in [0.05, 0.1) is 11.1 Å². The van der Waals surface area contributed by atoms with Crippen molar-refractivity contribution in [3.63, 3.8) is 0 Å². The van der Waals surface area contributed by atoms with Crippen LogP contribution in [0.15, 0.2) is 30.6 Å². The van der Waals surface area contributed by atoms with Crippen LogP contribution in [-0.2, 0) is 0 Å². The minimum atomic E-state index is -0.0947. The summed E-state index contributed by atoms with van der Waals surface area (Å²) in [6.45, 7) is 0.663. The molecule has 0 aliphatic rings. The Balaban J connectivity index is 2.40. The van der Waals surface area contributed by atoms with Crippen LogP contribution in [-0.4, -0.2) is 26.8 Å². The van der Waals surface area contributed by atoms with E-state index in [1.807, 2.05) is 12.1 Å². The molecule has 4 nitrogen and oxygen atoms in total. The number of benzene rings is 1. The molecule has 0 atom stereocenters. The van der Waals surface area contributed by atoms with Crippen LogP contribution >= 0.6 is 22.6 Å². The quantitative estimate of drug-likeness (QED) is 0.691. The summed E-state index contributed by atoms with van der Waals surface area (Å²) in [5, 5.41) is 2.83. The Labute approximate surface area is 107 Å². The van der Waals surface area contributed by atoms with Crippen LogP contribution in [0, 0.1) is 0 Å². The van der Waals surface area contributed by atoms with Crippen LogP contribution in [0.1, 0.15) is 10.4 Å². The number of alkyl halides is 1. The van der Waals surface area contributed by atoms with Gasteiger partial charge in [-0.1, -0.05) is 28.7 Å². The van der Waals surface area contributed by atoms with Crippen molar-refractivity contribution in [1.82, 2.24) is 15.3 Å². The fraction of sp³-hybridized carbons (Fsp3) is 0.182. The van der Waals surface area contributed by atoms with Crippen molar-refractivity contribution in [1.29, 1.82) is 0 Å². The van der Waals surface area contributed by atoms with Gasteiger partial charge in [0.25, 0.3) is 5.91 Å². The van der Waals surface area contributed by atoms with Gasteiger partial charge in [0, 0.05) is 23.4 Å². The largest absolute Gasteiger partial charge is 0.351 e. The molecule has 2 aromatic rings. The topological polar surface area (TPSA) is 54.9 Å². The van der Waals surface area contributed by atoms with E-state index >= 15 is 0 Å². The van der Waals surface area contributed by atoms with Gasteiger partial charge in [-0.2, -0.15) is 0 Å². The van der Waals surface area contributed by atoms with E-state index in [0.29, 0.717) is 17.6 Å². The van der Waals surface area contributed by atoms with Crippen molar-refractivity contribution in [2.45, 2.75) is 0 Å². The Bertz CT molecular complexity index is 510. The molecule has 1 N–H and O–H groups in total. The standard InChI is InChI=1S/C11H10IN3O/c12-4-5-15-11(16)8-2-1-3-9-10(8)14-7-6-13-9/h1-3,6-7H,4-5H2,(H,15,16). The lowest BCUT2D eigenvalue weighted by Gasteiger charge is -2.05. The number of nitrogens with one attached hydrogen (secondary N) is 1. The third-order valence-electron chi connectivity index (χ3n) is 2.12. The molecule has 1 aromatic heterocycles. The Morgan fingerprint density at radius 1 is 1.31 bits per heavy atom. The van der Waals surface area contributed by atoms with E-state index in [9.17, 15) is 4.79 Å². The number of fused-ring (bicyclic) bond motifs is 1. The molecule has 0 bridgehead atoms. The van der Waals surface area contributed by atoms with Crippen LogP contribution in [0.3, 0.4) is 0 Å². The van der Waals surface area contributed by atoms with Gasteiger partial charge in [0.2, 0.25) is 0 Å². The highest BCUT2D eigenvalue weighted by molar-refractivity contribution is 14.1. The molecule has 0 saturated carbocycles. The van der Waals surface area contributed by atoms with Gasteiger partial charge in [0.15, 0.2) is 0 Å². The fourth-order valence-corrected chi connectivity index (χ4v) is 1.70. The Hall–Kier alpha value is -1.24. The van der Waals surface area contributed by atoms with Crippen molar-refractivity contribution in [2.24, 2.45) is 0 Å².